The van der Waals surface area contributed by atoms with Crippen LogP contribution >= 0.6 is 0 Å². The Bertz CT molecular complexity index is 1090. The van der Waals surface area contributed by atoms with E-state index in [9.17, 15) is 9.59 Å². The monoisotopic (exact) mass is 436 g/mol. The number of rotatable bonds is 7. The van der Waals surface area contributed by atoms with Gasteiger partial charge in [-0.2, -0.15) is 0 Å². The number of likely N-dealkylation sites (tertiary alicyclic amines) is 1. The van der Waals surface area contributed by atoms with Gasteiger partial charge in [0.05, 0.1) is 11.4 Å². The average Bonchev–Trinajstić information content (AvgIpc) is 3.32. The van der Waals surface area contributed by atoms with Crippen LogP contribution < -0.4 is 4.74 Å². The summed E-state index contributed by atoms with van der Waals surface area (Å²) in [5.74, 6) is 0.891. The molecule has 4 rings (SSSR count). The molecule has 0 radical (unpaired) electrons. The van der Waals surface area contributed by atoms with Gasteiger partial charge >= 0.3 is 0 Å². The summed E-state index contributed by atoms with van der Waals surface area (Å²) in [6, 6.07) is 11.1. The van der Waals surface area contributed by atoms with Gasteiger partial charge in [0.15, 0.2) is 11.5 Å². The highest BCUT2D eigenvalue weighted by Crippen LogP contribution is 2.22. The summed E-state index contributed by atoms with van der Waals surface area (Å²) < 4.78 is 11.1. The van der Waals surface area contributed by atoms with Crippen LogP contribution in [0.4, 0.5) is 0 Å². The number of fused-ring (bicyclic) bond motifs is 1. The second kappa shape index (κ2) is 9.80. The van der Waals surface area contributed by atoms with Crippen LogP contribution in [0.3, 0.4) is 0 Å². The number of aromatic nitrogens is 2. The number of ether oxygens (including phenoxy) is 1. The molecule has 0 N–H and O–H groups in total. The van der Waals surface area contributed by atoms with Gasteiger partial charge < -0.3 is 19.1 Å². The minimum Gasteiger partial charge on any atom is -0.486 e. The molecule has 1 saturated heterocycles. The van der Waals surface area contributed by atoms with Crippen molar-refractivity contribution in [3.63, 3.8) is 0 Å². The van der Waals surface area contributed by atoms with Gasteiger partial charge in [0.2, 0.25) is 5.91 Å². The van der Waals surface area contributed by atoms with Crippen molar-refractivity contribution in [2.75, 3.05) is 26.2 Å². The van der Waals surface area contributed by atoms with Gasteiger partial charge in [-0.25, -0.2) is 0 Å². The number of carbonyl (C=O) groups is 2. The fourth-order valence-electron chi connectivity index (χ4n) is 4.10. The third kappa shape index (κ3) is 4.74. The summed E-state index contributed by atoms with van der Waals surface area (Å²) in [5, 5.41) is 4.92. The number of benzene rings is 1. The van der Waals surface area contributed by atoms with E-state index in [1.807, 2.05) is 49.1 Å². The Balaban J connectivity index is 1.37. The Labute approximate surface area is 187 Å². The molecular formula is C24H28N4O4. The van der Waals surface area contributed by atoms with Crippen molar-refractivity contribution in [2.24, 2.45) is 5.92 Å². The molecule has 8 nitrogen and oxygen atoms in total. The zero-order valence-electron chi connectivity index (χ0n) is 18.5. The molecule has 8 heteroatoms. The van der Waals surface area contributed by atoms with Crippen LogP contribution in [0.15, 0.2) is 47.1 Å². The molecule has 1 aromatic carbocycles. The molecule has 0 bridgehead atoms. The minimum atomic E-state index is -0.214. The molecule has 0 saturated carbocycles. The highest BCUT2D eigenvalue weighted by Gasteiger charge is 2.31. The highest BCUT2D eigenvalue weighted by molar-refractivity contribution is 5.93. The first-order valence-corrected chi connectivity index (χ1v) is 11.1. The first-order valence-electron chi connectivity index (χ1n) is 11.1. The molecule has 3 aromatic rings. The van der Waals surface area contributed by atoms with Crippen molar-refractivity contribution >= 4 is 22.7 Å². The number of amides is 2. The Hall–Kier alpha value is -3.42. The number of piperidine rings is 1. The van der Waals surface area contributed by atoms with Crippen molar-refractivity contribution in [2.45, 2.75) is 33.3 Å². The van der Waals surface area contributed by atoms with Crippen LogP contribution in [-0.2, 0) is 11.4 Å². The van der Waals surface area contributed by atoms with Gasteiger partial charge in [-0.1, -0.05) is 11.2 Å². The molecule has 3 heterocycles. The Kier molecular flexibility index (Phi) is 6.68. The lowest BCUT2D eigenvalue weighted by atomic mass is 9.96. The zero-order chi connectivity index (χ0) is 22.5. The predicted molar refractivity (Wildman–Crippen MR) is 119 cm³/mol. The molecule has 1 fully saturated rings. The van der Waals surface area contributed by atoms with Gasteiger partial charge in [0.1, 0.15) is 12.4 Å². The average molecular weight is 437 g/mol. The van der Waals surface area contributed by atoms with Gasteiger partial charge in [-0.05, 0) is 51.0 Å². The summed E-state index contributed by atoms with van der Waals surface area (Å²) >= 11 is 0. The number of carbonyl (C=O) groups excluding carboxylic acids is 2. The number of hydrogen-bond donors (Lipinski definition) is 0. The van der Waals surface area contributed by atoms with Gasteiger partial charge in [0, 0.05) is 43.8 Å². The molecule has 2 amide bonds. The second-order valence-electron chi connectivity index (χ2n) is 7.93. The lowest BCUT2D eigenvalue weighted by Crippen LogP contribution is -2.46. The molecule has 1 atom stereocenters. The number of pyridine rings is 1. The van der Waals surface area contributed by atoms with E-state index in [1.54, 1.807) is 17.2 Å². The standard InChI is InChI=1S/C24H28N4O4/c1-3-27(4-2)23(29)18-8-6-12-28(15-18)24(30)22-14-20(32-26-22)16-31-19-9-10-21-17(13-19)7-5-11-25-21/h5,7,9-11,13-14,18H,3-4,6,8,12,15-16H2,1-2H3/t18-/m1/s1. The van der Waals surface area contributed by atoms with E-state index in [0.29, 0.717) is 37.7 Å². The fourth-order valence-corrected chi connectivity index (χ4v) is 4.10. The maximum absolute atomic E-state index is 12.9. The van der Waals surface area contributed by atoms with Gasteiger partial charge in [-0.3, -0.25) is 14.6 Å². The van der Waals surface area contributed by atoms with Crippen LogP contribution in [0, 0.1) is 5.92 Å². The predicted octanol–water partition coefficient (Wildman–Crippen LogP) is 3.52. The molecule has 2 aromatic heterocycles. The molecule has 0 aliphatic carbocycles. The molecule has 0 unspecified atom stereocenters. The summed E-state index contributed by atoms with van der Waals surface area (Å²) in [7, 11) is 0. The molecule has 1 aliphatic heterocycles. The van der Waals surface area contributed by atoms with Crippen molar-refractivity contribution in [3.8, 4) is 5.75 Å². The molecule has 1 aliphatic rings. The largest absolute Gasteiger partial charge is 0.486 e. The highest BCUT2D eigenvalue weighted by atomic mass is 16.5. The quantitative estimate of drug-likeness (QED) is 0.563. The third-order valence-corrected chi connectivity index (χ3v) is 5.87. The number of nitrogens with zero attached hydrogens (tertiary/aromatic N) is 4. The van der Waals surface area contributed by atoms with Crippen LogP contribution in [0.2, 0.25) is 0 Å². The first-order chi connectivity index (χ1) is 15.6. The SMILES string of the molecule is CCN(CC)C(=O)[C@@H]1CCCN(C(=O)c2cc(COc3ccc4ncccc4c3)on2)C1. The summed E-state index contributed by atoms with van der Waals surface area (Å²) in [4.78, 5) is 33.5. The van der Waals surface area contributed by atoms with Crippen molar-refractivity contribution in [3.05, 3.63) is 54.0 Å². The maximum atomic E-state index is 12.9. The van der Waals surface area contributed by atoms with Crippen LogP contribution in [0.5, 0.6) is 5.75 Å². The van der Waals surface area contributed by atoms with Crippen molar-refractivity contribution in [1.29, 1.82) is 0 Å². The normalized spacial score (nSPS) is 16.2. The Morgan fingerprint density at radius 1 is 1.22 bits per heavy atom. The van der Waals surface area contributed by atoms with Gasteiger partial charge in [0.25, 0.3) is 5.91 Å². The summed E-state index contributed by atoms with van der Waals surface area (Å²) in [5.41, 5.74) is 1.13. The molecular weight excluding hydrogens is 408 g/mol. The van der Waals surface area contributed by atoms with Crippen LogP contribution in [-0.4, -0.2) is 57.9 Å². The lowest BCUT2D eigenvalue weighted by Gasteiger charge is -2.34. The van der Waals surface area contributed by atoms with E-state index >= 15 is 0 Å². The van der Waals surface area contributed by atoms with E-state index in [1.165, 1.54) is 0 Å². The van der Waals surface area contributed by atoms with Crippen molar-refractivity contribution in [1.82, 2.24) is 19.9 Å². The molecule has 0 spiro atoms. The number of hydrogen-bond acceptors (Lipinski definition) is 6. The molecule has 32 heavy (non-hydrogen) atoms. The molecule has 168 valence electrons. The Morgan fingerprint density at radius 3 is 2.88 bits per heavy atom. The Morgan fingerprint density at radius 2 is 2.06 bits per heavy atom. The van der Waals surface area contributed by atoms with Crippen LogP contribution in [0.25, 0.3) is 10.9 Å². The van der Waals surface area contributed by atoms with Crippen molar-refractivity contribution < 1.29 is 18.8 Å². The zero-order valence-corrected chi connectivity index (χ0v) is 18.5. The van der Waals surface area contributed by atoms with Gasteiger partial charge in [-0.15, -0.1) is 0 Å². The summed E-state index contributed by atoms with van der Waals surface area (Å²) in [6.45, 7) is 6.50. The fraction of sp³-hybridized carbons (Fsp3) is 0.417. The van der Waals surface area contributed by atoms with E-state index in [4.69, 9.17) is 9.26 Å². The maximum Gasteiger partial charge on any atom is 0.276 e. The topological polar surface area (TPSA) is 88.8 Å². The summed E-state index contributed by atoms with van der Waals surface area (Å²) in [6.07, 6.45) is 3.35. The van der Waals surface area contributed by atoms with Crippen LogP contribution in [0.1, 0.15) is 42.9 Å². The smallest absolute Gasteiger partial charge is 0.276 e. The minimum absolute atomic E-state index is 0.118. The first kappa shape index (κ1) is 21.8. The van der Waals surface area contributed by atoms with E-state index < -0.39 is 0 Å². The lowest BCUT2D eigenvalue weighted by molar-refractivity contribution is -0.136. The third-order valence-electron chi connectivity index (χ3n) is 5.87. The van der Waals surface area contributed by atoms with E-state index in [0.717, 1.165) is 23.7 Å². The van der Waals surface area contributed by atoms with E-state index in [-0.39, 0.29) is 30.0 Å². The second-order valence-corrected chi connectivity index (χ2v) is 7.93. The van der Waals surface area contributed by atoms with E-state index in [2.05, 4.69) is 10.1 Å².